The van der Waals surface area contributed by atoms with E-state index in [1.54, 1.807) is 27.9 Å². The number of cyclic esters (lactones) is 1. The second-order valence-electron chi connectivity index (χ2n) is 14.9. The van der Waals surface area contributed by atoms with Crippen molar-refractivity contribution in [3.8, 4) is 0 Å². The summed E-state index contributed by atoms with van der Waals surface area (Å²) in [4.78, 5) is 46.3. The maximum absolute atomic E-state index is 14.2. The number of likely N-dealkylation sites (N-methyl/N-ethyl adjacent to an activating group) is 1. The zero-order chi connectivity index (χ0) is 34.6. The van der Waals surface area contributed by atoms with E-state index in [-0.39, 0.29) is 35.8 Å². The number of nitrogens with one attached hydrogen (secondary N) is 1. The normalized spacial score (nSPS) is 38.9. The fourth-order valence-electron chi connectivity index (χ4n) is 7.29. The summed E-state index contributed by atoms with van der Waals surface area (Å²) >= 11 is 0. The van der Waals surface area contributed by atoms with E-state index < -0.39 is 47.5 Å². The summed E-state index contributed by atoms with van der Waals surface area (Å²) in [6.07, 6.45) is -1.75. The summed E-state index contributed by atoms with van der Waals surface area (Å²) in [5, 5.41) is 15.0. The van der Waals surface area contributed by atoms with E-state index in [4.69, 9.17) is 18.9 Å². The van der Waals surface area contributed by atoms with Gasteiger partial charge in [0.05, 0.1) is 23.9 Å². The number of rotatable bonds is 7. The van der Waals surface area contributed by atoms with Gasteiger partial charge in [0.25, 0.3) is 0 Å². The molecule has 266 valence electrons. The number of Topliss-reactive ketones (excluding diaryl/α,β-unsaturated/α-hetero) is 1. The third-order valence-electron chi connectivity index (χ3n) is 10.4. The van der Waals surface area contributed by atoms with E-state index in [1.807, 2.05) is 51.6 Å². The average molecular weight is 655 g/mol. The van der Waals surface area contributed by atoms with Crippen LogP contribution >= 0.6 is 0 Å². The number of carbonyl (C=O) groups excluding carboxylic acids is 3. The minimum Gasteiger partial charge on any atom is -0.460 e. The molecule has 0 spiro atoms. The molecule has 0 saturated carbocycles. The molecule has 0 aromatic carbocycles. The standard InChI is InChI=1S/C34H62N4O8/c1-12-27(39)38-15-13-37(14-16-38)20-25-24(5)45-32(42)33(6,7)29(41)23(4)30(34(8,43-11)18-21(2)19-35-25)46-31-28(40)26(36(9)10)17-22(3)44-31/h21-26,28,30-31,35,40H,12-20H2,1-11H3/t21-,22-,23+,24+,25+,26+,28-,30-,31+,34-/m1/s1. The molecule has 0 bridgehead atoms. The average Bonchev–Trinajstić information content (AvgIpc) is 3.01. The van der Waals surface area contributed by atoms with Gasteiger partial charge in [-0.25, -0.2) is 0 Å². The van der Waals surface area contributed by atoms with Crippen molar-refractivity contribution in [1.29, 1.82) is 0 Å². The van der Waals surface area contributed by atoms with Gasteiger partial charge in [0.2, 0.25) is 5.91 Å². The Morgan fingerprint density at radius 3 is 2.28 bits per heavy atom. The Morgan fingerprint density at radius 2 is 1.72 bits per heavy atom. The molecule has 0 unspecified atom stereocenters. The molecule has 1 amide bonds. The monoisotopic (exact) mass is 654 g/mol. The van der Waals surface area contributed by atoms with E-state index in [1.165, 1.54) is 0 Å². The van der Waals surface area contributed by atoms with Crippen molar-refractivity contribution >= 4 is 17.7 Å². The van der Waals surface area contributed by atoms with Crippen LogP contribution in [0.15, 0.2) is 0 Å². The Morgan fingerprint density at radius 1 is 1.09 bits per heavy atom. The van der Waals surface area contributed by atoms with Crippen LogP contribution in [-0.4, -0.2) is 146 Å². The summed E-state index contributed by atoms with van der Waals surface area (Å²) in [7, 11) is 5.44. The van der Waals surface area contributed by atoms with Gasteiger partial charge in [0.1, 0.15) is 17.6 Å². The number of aliphatic hydroxyl groups is 1. The number of hydrogen-bond donors (Lipinski definition) is 2. The molecule has 3 heterocycles. The highest BCUT2D eigenvalue weighted by Crippen LogP contribution is 2.38. The molecule has 3 fully saturated rings. The third kappa shape index (κ3) is 9.06. The highest BCUT2D eigenvalue weighted by molar-refractivity contribution is 6.04. The zero-order valence-corrected chi connectivity index (χ0v) is 30.2. The molecule has 46 heavy (non-hydrogen) atoms. The van der Waals surface area contributed by atoms with Crippen molar-refractivity contribution in [3.05, 3.63) is 0 Å². The van der Waals surface area contributed by atoms with Crippen LogP contribution < -0.4 is 5.32 Å². The Balaban J connectivity index is 1.90. The Hall–Kier alpha value is -1.67. The number of carbonyl (C=O) groups is 3. The van der Waals surface area contributed by atoms with Crippen molar-refractivity contribution in [2.75, 3.05) is 60.5 Å². The smallest absolute Gasteiger partial charge is 0.319 e. The van der Waals surface area contributed by atoms with Gasteiger partial charge in [0, 0.05) is 58.2 Å². The number of aliphatic hydroxyl groups excluding tert-OH is 1. The quantitative estimate of drug-likeness (QED) is 0.309. The van der Waals surface area contributed by atoms with Crippen LogP contribution in [0.4, 0.5) is 0 Å². The predicted molar refractivity (Wildman–Crippen MR) is 175 cm³/mol. The molecule has 12 heteroatoms. The molecule has 3 aliphatic heterocycles. The first kappa shape index (κ1) is 38.8. The largest absolute Gasteiger partial charge is 0.460 e. The van der Waals surface area contributed by atoms with Gasteiger partial charge in [-0.3, -0.25) is 19.3 Å². The minimum atomic E-state index is -1.47. The van der Waals surface area contributed by atoms with Crippen molar-refractivity contribution in [2.24, 2.45) is 17.3 Å². The molecular formula is C34H62N4O8. The van der Waals surface area contributed by atoms with Gasteiger partial charge in [-0.2, -0.15) is 0 Å². The van der Waals surface area contributed by atoms with Gasteiger partial charge < -0.3 is 39.2 Å². The van der Waals surface area contributed by atoms with Crippen molar-refractivity contribution in [2.45, 2.75) is 123 Å². The van der Waals surface area contributed by atoms with Gasteiger partial charge >= 0.3 is 5.97 Å². The van der Waals surface area contributed by atoms with Crippen molar-refractivity contribution in [3.63, 3.8) is 0 Å². The van der Waals surface area contributed by atoms with E-state index in [2.05, 4.69) is 17.1 Å². The van der Waals surface area contributed by atoms with E-state index in [9.17, 15) is 19.5 Å². The van der Waals surface area contributed by atoms with E-state index >= 15 is 0 Å². The van der Waals surface area contributed by atoms with Crippen LogP contribution in [0, 0.1) is 17.3 Å². The lowest BCUT2D eigenvalue weighted by molar-refractivity contribution is -0.295. The lowest BCUT2D eigenvalue weighted by Gasteiger charge is -2.47. The molecule has 3 rings (SSSR count). The number of esters is 1. The van der Waals surface area contributed by atoms with Gasteiger partial charge in [-0.15, -0.1) is 0 Å². The van der Waals surface area contributed by atoms with Crippen LogP contribution in [0.25, 0.3) is 0 Å². The topological polar surface area (TPSA) is 130 Å². The maximum Gasteiger partial charge on any atom is 0.319 e. The van der Waals surface area contributed by atoms with Crippen LogP contribution in [0.2, 0.25) is 0 Å². The number of nitrogens with zero attached hydrogens (tertiary/aromatic N) is 3. The summed E-state index contributed by atoms with van der Waals surface area (Å²) < 4.78 is 25.0. The summed E-state index contributed by atoms with van der Waals surface area (Å²) in [6, 6.07) is -0.383. The second kappa shape index (κ2) is 16.2. The number of piperazine rings is 1. The van der Waals surface area contributed by atoms with E-state index in [0.717, 1.165) is 13.1 Å². The van der Waals surface area contributed by atoms with Crippen LogP contribution in [-0.2, 0) is 33.3 Å². The first-order valence-electron chi connectivity index (χ1n) is 17.1. The number of methoxy groups -OCH3 is 1. The molecule has 3 aliphatic rings. The lowest BCUT2D eigenvalue weighted by Crippen LogP contribution is -2.59. The maximum atomic E-state index is 14.2. The fourth-order valence-corrected chi connectivity index (χ4v) is 7.29. The van der Waals surface area contributed by atoms with Crippen LogP contribution in [0.1, 0.15) is 74.7 Å². The number of amides is 1. The molecule has 2 N–H and O–H groups in total. The highest BCUT2D eigenvalue weighted by Gasteiger charge is 2.51. The predicted octanol–water partition coefficient (Wildman–Crippen LogP) is 1.92. The van der Waals surface area contributed by atoms with Crippen LogP contribution in [0.3, 0.4) is 0 Å². The Bertz CT molecular complexity index is 1030. The molecule has 0 aromatic rings. The number of hydrogen-bond acceptors (Lipinski definition) is 11. The summed E-state index contributed by atoms with van der Waals surface area (Å²) in [5.74, 6) is -1.46. The Kier molecular flexibility index (Phi) is 13.6. The van der Waals surface area contributed by atoms with Gasteiger partial charge in [0.15, 0.2) is 12.1 Å². The Labute approximate surface area is 276 Å². The number of ketones is 1. The zero-order valence-electron chi connectivity index (χ0n) is 30.2. The molecule has 0 aliphatic carbocycles. The number of ether oxygens (including phenoxy) is 4. The minimum absolute atomic E-state index is 0.0854. The van der Waals surface area contributed by atoms with Gasteiger partial charge in [-0.1, -0.05) is 20.8 Å². The first-order valence-corrected chi connectivity index (χ1v) is 17.1. The SMILES string of the molecule is CCC(=O)N1CCN(C[C@@H]2NC[C@H](C)C[C@@](C)(OC)[C@H](O[C@@H]3O[C@H](C)C[C@H](N(C)C)[C@H]3O)[C@@H](C)C(=O)C(C)(C)C(=O)O[C@H]2C)CC1. The lowest BCUT2D eigenvalue weighted by atomic mass is 9.74. The van der Waals surface area contributed by atoms with Crippen molar-refractivity contribution < 1.29 is 38.4 Å². The fraction of sp³-hybridized carbons (Fsp3) is 0.912. The van der Waals surface area contributed by atoms with Crippen molar-refractivity contribution in [1.82, 2.24) is 20.0 Å². The highest BCUT2D eigenvalue weighted by atomic mass is 16.7. The third-order valence-corrected chi connectivity index (χ3v) is 10.4. The molecule has 0 radical (unpaired) electrons. The second-order valence-corrected chi connectivity index (χ2v) is 14.9. The van der Waals surface area contributed by atoms with Gasteiger partial charge in [-0.05, 0) is 74.0 Å². The van der Waals surface area contributed by atoms with E-state index in [0.29, 0.717) is 45.4 Å². The summed E-state index contributed by atoms with van der Waals surface area (Å²) in [6.45, 7) is 18.8. The van der Waals surface area contributed by atoms with Crippen LogP contribution in [0.5, 0.6) is 0 Å². The molecule has 0 aromatic heterocycles. The first-order chi connectivity index (χ1) is 21.4. The molecular weight excluding hydrogens is 592 g/mol. The summed E-state index contributed by atoms with van der Waals surface area (Å²) in [5.41, 5.74) is -2.42. The molecule has 10 atom stereocenters. The molecule has 12 nitrogen and oxygen atoms in total. The molecule has 3 saturated heterocycles.